The average Bonchev–Trinajstić information content (AvgIpc) is 2.98. The van der Waals surface area contributed by atoms with E-state index in [4.69, 9.17) is 4.74 Å². The second kappa shape index (κ2) is 6.09. The van der Waals surface area contributed by atoms with E-state index in [0.29, 0.717) is 5.75 Å². The largest absolute Gasteiger partial charge is 0.480 e. The first-order chi connectivity index (χ1) is 9.51. The number of aromatic nitrogens is 2. The van der Waals surface area contributed by atoms with Crippen LogP contribution in [0.15, 0.2) is 12.4 Å². The Kier molecular flexibility index (Phi) is 4.44. The van der Waals surface area contributed by atoms with Crippen LogP contribution in [-0.2, 0) is 11.3 Å². The zero-order valence-corrected chi connectivity index (χ0v) is 13.0. The van der Waals surface area contributed by atoms with Crippen LogP contribution < -0.4 is 10.1 Å². The predicted octanol–water partition coefficient (Wildman–Crippen LogP) is 2.91. The number of nitrogens with zero attached hydrogens (tertiary/aromatic N) is 2. The van der Waals surface area contributed by atoms with Gasteiger partial charge in [-0.05, 0) is 38.8 Å². The Morgan fingerprint density at radius 3 is 2.70 bits per heavy atom. The third-order valence-electron chi connectivity index (χ3n) is 3.24. The van der Waals surface area contributed by atoms with Crippen molar-refractivity contribution in [1.82, 2.24) is 9.78 Å². The lowest BCUT2D eigenvalue weighted by Crippen LogP contribution is -2.19. The average molecular weight is 293 g/mol. The van der Waals surface area contributed by atoms with Gasteiger partial charge in [-0.25, -0.2) is 0 Å². The first-order valence-electron chi connectivity index (χ1n) is 6.53. The SMILES string of the molecule is CCn1cc(OCC(=O)Nc2sc(C)c(C)c2C)cn1. The molecule has 1 amide bonds. The van der Waals surface area contributed by atoms with E-state index in [-0.39, 0.29) is 12.5 Å². The number of nitrogens with one attached hydrogen (secondary N) is 1. The smallest absolute Gasteiger partial charge is 0.262 e. The zero-order chi connectivity index (χ0) is 14.7. The van der Waals surface area contributed by atoms with Crippen LogP contribution in [0.5, 0.6) is 5.75 Å². The Balaban J connectivity index is 1.90. The second-order valence-corrected chi connectivity index (χ2v) is 5.83. The third kappa shape index (κ3) is 3.19. The molecule has 2 aromatic heterocycles. The number of ether oxygens (including phenoxy) is 1. The minimum atomic E-state index is -0.154. The number of carbonyl (C=O) groups excluding carboxylic acids is 1. The van der Waals surface area contributed by atoms with Crippen molar-refractivity contribution >= 4 is 22.2 Å². The maximum atomic E-state index is 11.9. The van der Waals surface area contributed by atoms with Gasteiger partial charge in [0.25, 0.3) is 5.91 Å². The summed E-state index contributed by atoms with van der Waals surface area (Å²) in [7, 11) is 0. The van der Waals surface area contributed by atoms with Crippen LogP contribution in [0.1, 0.15) is 22.9 Å². The summed E-state index contributed by atoms with van der Waals surface area (Å²) in [6.07, 6.45) is 3.39. The molecule has 0 saturated carbocycles. The standard InChI is InChI=1S/C14H19N3O2S/c1-5-17-7-12(6-15-17)19-8-13(18)16-14-10(3)9(2)11(4)20-14/h6-7H,5,8H2,1-4H3,(H,16,18). The molecule has 1 N–H and O–H groups in total. The van der Waals surface area contributed by atoms with Crippen molar-refractivity contribution in [3.8, 4) is 5.75 Å². The number of hydrogen-bond acceptors (Lipinski definition) is 4. The fourth-order valence-electron chi connectivity index (χ4n) is 1.76. The highest BCUT2D eigenvalue weighted by Crippen LogP contribution is 2.31. The molecule has 0 aliphatic heterocycles. The molecule has 2 heterocycles. The van der Waals surface area contributed by atoms with E-state index in [1.807, 2.05) is 13.8 Å². The molecule has 0 fully saturated rings. The molecular formula is C14H19N3O2S. The van der Waals surface area contributed by atoms with Crippen LogP contribution in [-0.4, -0.2) is 22.3 Å². The number of amides is 1. The lowest BCUT2D eigenvalue weighted by molar-refractivity contribution is -0.118. The van der Waals surface area contributed by atoms with Gasteiger partial charge in [0.05, 0.1) is 17.4 Å². The van der Waals surface area contributed by atoms with E-state index in [1.54, 1.807) is 28.4 Å². The van der Waals surface area contributed by atoms with E-state index in [9.17, 15) is 4.79 Å². The van der Waals surface area contributed by atoms with Crippen molar-refractivity contribution in [1.29, 1.82) is 0 Å². The molecule has 0 aliphatic rings. The lowest BCUT2D eigenvalue weighted by atomic mass is 10.2. The monoisotopic (exact) mass is 293 g/mol. The van der Waals surface area contributed by atoms with Crippen LogP contribution in [0.2, 0.25) is 0 Å². The molecule has 6 heteroatoms. The van der Waals surface area contributed by atoms with E-state index >= 15 is 0 Å². The highest BCUT2D eigenvalue weighted by Gasteiger charge is 2.12. The van der Waals surface area contributed by atoms with Crippen molar-refractivity contribution in [2.45, 2.75) is 34.2 Å². The Bertz CT molecular complexity index is 616. The van der Waals surface area contributed by atoms with Gasteiger partial charge in [-0.15, -0.1) is 11.3 Å². The van der Waals surface area contributed by atoms with Crippen LogP contribution in [0.3, 0.4) is 0 Å². The molecular weight excluding hydrogens is 274 g/mol. The van der Waals surface area contributed by atoms with Gasteiger partial charge >= 0.3 is 0 Å². The lowest BCUT2D eigenvalue weighted by Gasteiger charge is -2.05. The molecule has 20 heavy (non-hydrogen) atoms. The maximum absolute atomic E-state index is 11.9. The number of thiophene rings is 1. The van der Waals surface area contributed by atoms with Crippen molar-refractivity contribution < 1.29 is 9.53 Å². The summed E-state index contributed by atoms with van der Waals surface area (Å²) >= 11 is 1.59. The van der Waals surface area contributed by atoms with Gasteiger partial charge in [-0.2, -0.15) is 5.10 Å². The van der Waals surface area contributed by atoms with Gasteiger partial charge in [0.1, 0.15) is 0 Å². The number of aryl methyl sites for hydroxylation is 2. The summed E-state index contributed by atoms with van der Waals surface area (Å²) in [5.41, 5.74) is 2.36. The van der Waals surface area contributed by atoms with Crippen molar-refractivity contribution in [3.05, 3.63) is 28.4 Å². The Hall–Kier alpha value is -1.82. The highest BCUT2D eigenvalue weighted by atomic mass is 32.1. The predicted molar refractivity (Wildman–Crippen MR) is 80.6 cm³/mol. The van der Waals surface area contributed by atoms with E-state index < -0.39 is 0 Å². The van der Waals surface area contributed by atoms with E-state index in [1.165, 1.54) is 10.4 Å². The van der Waals surface area contributed by atoms with Crippen molar-refractivity contribution in [2.24, 2.45) is 0 Å². The Morgan fingerprint density at radius 2 is 2.15 bits per heavy atom. The van der Waals surface area contributed by atoms with Crippen LogP contribution >= 0.6 is 11.3 Å². The Morgan fingerprint density at radius 1 is 1.40 bits per heavy atom. The summed E-state index contributed by atoms with van der Waals surface area (Å²) in [6, 6.07) is 0. The van der Waals surface area contributed by atoms with Crippen molar-refractivity contribution in [2.75, 3.05) is 11.9 Å². The highest BCUT2D eigenvalue weighted by molar-refractivity contribution is 7.16. The molecule has 0 radical (unpaired) electrons. The number of carbonyl (C=O) groups is 1. The van der Waals surface area contributed by atoms with Gasteiger partial charge in [-0.1, -0.05) is 0 Å². The van der Waals surface area contributed by atoms with Gasteiger partial charge in [0.2, 0.25) is 0 Å². The molecule has 0 spiro atoms. The van der Waals surface area contributed by atoms with E-state index in [2.05, 4.69) is 24.3 Å². The van der Waals surface area contributed by atoms with Gasteiger partial charge < -0.3 is 10.1 Å². The quantitative estimate of drug-likeness (QED) is 0.922. The van der Waals surface area contributed by atoms with Gasteiger partial charge in [0, 0.05) is 11.4 Å². The normalized spacial score (nSPS) is 10.6. The summed E-state index contributed by atoms with van der Waals surface area (Å²) in [5, 5.41) is 7.88. The summed E-state index contributed by atoms with van der Waals surface area (Å²) in [5.74, 6) is 0.455. The topological polar surface area (TPSA) is 56.1 Å². The van der Waals surface area contributed by atoms with Crippen molar-refractivity contribution in [3.63, 3.8) is 0 Å². The number of anilines is 1. The third-order valence-corrected chi connectivity index (χ3v) is 4.47. The molecule has 5 nitrogen and oxygen atoms in total. The molecule has 0 unspecified atom stereocenters. The molecule has 0 aliphatic carbocycles. The molecule has 2 rings (SSSR count). The second-order valence-electron chi connectivity index (χ2n) is 4.61. The molecule has 0 saturated heterocycles. The molecule has 0 bridgehead atoms. The van der Waals surface area contributed by atoms with Gasteiger partial charge in [-0.3, -0.25) is 9.48 Å². The molecule has 108 valence electrons. The molecule has 0 atom stereocenters. The van der Waals surface area contributed by atoms with Crippen LogP contribution in [0, 0.1) is 20.8 Å². The minimum absolute atomic E-state index is 0.00908. The summed E-state index contributed by atoms with van der Waals surface area (Å²) in [4.78, 5) is 13.1. The molecule has 2 aromatic rings. The number of rotatable bonds is 5. The first kappa shape index (κ1) is 14.6. The van der Waals surface area contributed by atoms with Gasteiger partial charge in [0.15, 0.2) is 12.4 Å². The van der Waals surface area contributed by atoms with Crippen LogP contribution in [0.4, 0.5) is 5.00 Å². The Labute approximate surface area is 122 Å². The minimum Gasteiger partial charge on any atom is -0.480 e. The fraction of sp³-hybridized carbons (Fsp3) is 0.429. The summed E-state index contributed by atoms with van der Waals surface area (Å²) < 4.78 is 7.16. The maximum Gasteiger partial charge on any atom is 0.262 e. The summed E-state index contributed by atoms with van der Waals surface area (Å²) in [6.45, 7) is 8.90. The van der Waals surface area contributed by atoms with E-state index in [0.717, 1.165) is 17.1 Å². The number of hydrogen-bond donors (Lipinski definition) is 1. The fourth-order valence-corrected chi connectivity index (χ4v) is 2.85. The van der Waals surface area contributed by atoms with Crippen LogP contribution in [0.25, 0.3) is 0 Å². The molecule has 0 aromatic carbocycles. The first-order valence-corrected chi connectivity index (χ1v) is 7.34. The zero-order valence-electron chi connectivity index (χ0n) is 12.2.